The number of carbonyl (C=O) groups is 1. The van der Waals surface area contributed by atoms with Crippen molar-refractivity contribution in [2.45, 2.75) is 51.0 Å². The summed E-state index contributed by atoms with van der Waals surface area (Å²) < 4.78 is 4.88. The molecular weight excluding hydrogens is 190 g/mol. The summed E-state index contributed by atoms with van der Waals surface area (Å²) in [6.45, 7) is 2.22. The molecule has 1 aliphatic rings. The minimum atomic E-state index is -0.404. The van der Waals surface area contributed by atoms with E-state index in [1.165, 1.54) is 20.0 Å². The standard InChI is InChI=1S/C12H23NO2/c1-4-5-10-6-8-12(13-2,9-7-10)11(14)15-3/h10,13H,4-9H2,1-3H3. The molecule has 3 heteroatoms. The van der Waals surface area contributed by atoms with Gasteiger partial charge in [0.05, 0.1) is 7.11 Å². The summed E-state index contributed by atoms with van der Waals surface area (Å²) in [5, 5.41) is 3.16. The summed E-state index contributed by atoms with van der Waals surface area (Å²) in [5.74, 6) is 0.709. The molecule has 0 saturated heterocycles. The Morgan fingerprint density at radius 3 is 2.47 bits per heavy atom. The van der Waals surface area contributed by atoms with Crippen LogP contribution < -0.4 is 5.32 Å². The van der Waals surface area contributed by atoms with Crippen LogP contribution in [0.3, 0.4) is 0 Å². The van der Waals surface area contributed by atoms with Crippen LogP contribution in [0.15, 0.2) is 0 Å². The SMILES string of the molecule is CCCC1CCC(NC)(C(=O)OC)CC1. The lowest BCUT2D eigenvalue weighted by atomic mass is 9.75. The third kappa shape index (κ3) is 2.71. The van der Waals surface area contributed by atoms with Gasteiger partial charge in [-0.15, -0.1) is 0 Å². The topological polar surface area (TPSA) is 38.3 Å². The fourth-order valence-corrected chi connectivity index (χ4v) is 2.62. The van der Waals surface area contributed by atoms with Crippen molar-refractivity contribution in [1.82, 2.24) is 5.32 Å². The second-order valence-electron chi connectivity index (χ2n) is 4.56. The summed E-state index contributed by atoms with van der Waals surface area (Å²) in [4.78, 5) is 11.7. The molecule has 0 amide bonds. The number of likely N-dealkylation sites (N-methyl/N-ethyl adjacent to an activating group) is 1. The Morgan fingerprint density at radius 1 is 1.47 bits per heavy atom. The maximum atomic E-state index is 11.7. The van der Waals surface area contributed by atoms with E-state index in [0.29, 0.717) is 0 Å². The van der Waals surface area contributed by atoms with Crippen LogP contribution in [0.1, 0.15) is 45.4 Å². The van der Waals surface area contributed by atoms with E-state index in [0.717, 1.165) is 31.6 Å². The largest absolute Gasteiger partial charge is 0.468 e. The van der Waals surface area contributed by atoms with Crippen LogP contribution in [0.5, 0.6) is 0 Å². The first-order valence-electron chi connectivity index (χ1n) is 5.96. The van der Waals surface area contributed by atoms with Crippen molar-refractivity contribution in [2.24, 2.45) is 5.92 Å². The van der Waals surface area contributed by atoms with E-state index in [1.807, 2.05) is 7.05 Å². The molecule has 1 saturated carbocycles. The lowest BCUT2D eigenvalue weighted by Gasteiger charge is -2.37. The van der Waals surface area contributed by atoms with Crippen molar-refractivity contribution in [1.29, 1.82) is 0 Å². The number of carbonyl (C=O) groups excluding carboxylic acids is 1. The van der Waals surface area contributed by atoms with Gasteiger partial charge in [-0.25, -0.2) is 0 Å². The van der Waals surface area contributed by atoms with E-state index in [1.54, 1.807) is 0 Å². The summed E-state index contributed by atoms with van der Waals surface area (Å²) in [6, 6.07) is 0. The summed E-state index contributed by atoms with van der Waals surface area (Å²) in [7, 11) is 3.33. The lowest BCUT2D eigenvalue weighted by molar-refractivity contribution is -0.150. The van der Waals surface area contributed by atoms with Gasteiger partial charge in [-0.3, -0.25) is 4.79 Å². The van der Waals surface area contributed by atoms with Gasteiger partial charge in [0.1, 0.15) is 5.54 Å². The number of rotatable bonds is 4. The average molecular weight is 213 g/mol. The third-order valence-electron chi connectivity index (χ3n) is 3.71. The summed E-state index contributed by atoms with van der Waals surface area (Å²) in [6.07, 6.45) is 6.66. The summed E-state index contributed by atoms with van der Waals surface area (Å²) >= 11 is 0. The molecule has 1 fully saturated rings. The second-order valence-corrected chi connectivity index (χ2v) is 4.56. The number of esters is 1. The van der Waals surface area contributed by atoms with Crippen LogP contribution in [-0.2, 0) is 9.53 Å². The van der Waals surface area contributed by atoms with Gasteiger partial charge in [0.2, 0.25) is 0 Å². The summed E-state index contributed by atoms with van der Waals surface area (Å²) in [5.41, 5.74) is -0.404. The predicted molar refractivity (Wildman–Crippen MR) is 60.7 cm³/mol. The second kappa shape index (κ2) is 5.50. The molecule has 15 heavy (non-hydrogen) atoms. The zero-order chi connectivity index (χ0) is 11.3. The van der Waals surface area contributed by atoms with Crippen LogP contribution >= 0.6 is 0 Å². The first kappa shape index (κ1) is 12.5. The molecule has 1 N–H and O–H groups in total. The average Bonchev–Trinajstić information content (AvgIpc) is 2.30. The third-order valence-corrected chi connectivity index (χ3v) is 3.71. The molecule has 0 heterocycles. The van der Waals surface area contributed by atoms with Crippen LogP contribution in [0.2, 0.25) is 0 Å². The van der Waals surface area contributed by atoms with Gasteiger partial charge in [-0.05, 0) is 38.6 Å². The van der Waals surface area contributed by atoms with Crippen LogP contribution in [0.25, 0.3) is 0 Å². The highest BCUT2D eigenvalue weighted by atomic mass is 16.5. The minimum absolute atomic E-state index is 0.0973. The monoisotopic (exact) mass is 213 g/mol. The first-order chi connectivity index (χ1) is 7.18. The fourth-order valence-electron chi connectivity index (χ4n) is 2.62. The molecule has 0 aromatic rings. The van der Waals surface area contributed by atoms with Gasteiger partial charge in [-0.2, -0.15) is 0 Å². The van der Waals surface area contributed by atoms with Crippen LogP contribution in [0, 0.1) is 5.92 Å². The molecule has 1 aliphatic carbocycles. The fraction of sp³-hybridized carbons (Fsp3) is 0.917. The van der Waals surface area contributed by atoms with Crippen molar-refractivity contribution < 1.29 is 9.53 Å². The van der Waals surface area contributed by atoms with Gasteiger partial charge < -0.3 is 10.1 Å². The van der Waals surface area contributed by atoms with E-state index in [-0.39, 0.29) is 5.97 Å². The molecule has 0 aromatic heterocycles. The Bertz CT molecular complexity index is 208. The minimum Gasteiger partial charge on any atom is -0.468 e. The highest BCUT2D eigenvalue weighted by molar-refractivity contribution is 5.80. The molecule has 0 bridgehead atoms. The van der Waals surface area contributed by atoms with E-state index in [4.69, 9.17) is 4.74 Å². The maximum Gasteiger partial charge on any atom is 0.326 e. The molecule has 0 atom stereocenters. The molecule has 0 spiro atoms. The highest BCUT2D eigenvalue weighted by Gasteiger charge is 2.41. The van der Waals surface area contributed by atoms with Gasteiger partial charge in [0.15, 0.2) is 0 Å². The van der Waals surface area contributed by atoms with E-state index in [9.17, 15) is 4.79 Å². The van der Waals surface area contributed by atoms with Gasteiger partial charge >= 0.3 is 5.97 Å². The first-order valence-corrected chi connectivity index (χ1v) is 5.96. The molecule has 0 aliphatic heterocycles. The van der Waals surface area contributed by atoms with Gasteiger partial charge in [-0.1, -0.05) is 19.8 Å². The molecule has 88 valence electrons. The Balaban J connectivity index is 2.54. The molecule has 0 radical (unpaired) electrons. The zero-order valence-corrected chi connectivity index (χ0v) is 10.1. The number of nitrogens with one attached hydrogen (secondary N) is 1. The quantitative estimate of drug-likeness (QED) is 0.727. The van der Waals surface area contributed by atoms with E-state index >= 15 is 0 Å². The van der Waals surface area contributed by atoms with Crippen molar-refractivity contribution in [3.63, 3.8) is 0 Å². The van der Waals surface area contributed by atoms with E-state index < -0.39 is 5.54 Å². The van der Waals surface area contributed by atoms with Gasteiger partial charge in [0.25, 0.3) is 0 Å². The molecule has 3 nitrogen and oxygen atoms in total. The number of methoxy groups -OCH3 is 1. The number of hydrogen-bond donors (Lipinski definition) is 1. The molecular formula is C12H23NO2. The van der Waals surface area contributed by atoms with Crippen molar-refractivity contribution in [2.75, 3.05) is 14.2 Å². The predicted octanol–water partition coefficient (Wildman–Crippen LogP) is 2.11. The number of hydrogen-bond acceptors (Lipinski definition) is 3. The van der Waals surface area contributed by atoms with Crippen molar-refractivity contribution in [3.05, 3.63) is 0 Å². The molecule has 1 rings (SSSR count). The lowest BCUT2D eigenvalue weighted by Crippen LogP contribution is -2.53. The maximum absolute atomic E-state index is 11.7. The zero-order valence-electron chi connectivity index (χ0n) is 10.1. The smallest absolute Gasteiger partial charge is 0.326 e. The Hall–Kier alpha value is -0.570. The van der Waals surface area contributed by atoms with E-state index in [2.05, 4.69) is 12.2 Å². The number of ether oxygens (including phenoxy) is 1. The van der Waals surface area contributed by atoms with Gasteiger partial charge in [0, 0.05) is 0 Å². The Morgan fingerprint density at radius 2 is 2.07 bits per heavy atom. The molecule has 0 unspecified atom stereocenters. The molecule has 0 aromatic carbocycles. The Labute approximate surface area is 92.6 Å². The highest BCUT2D eigenvalue weighted by Crippen LogP contribution is 2.34. The van der Waals surface area contributed by atoms with Crippen molar-refractivity contribution in [3.8, 4) is 0 Å². The normalized spacial score (nSPS) is 31.3. The Kier molecular flexibility index (Phi) is 4.58. The van der Waals surface area contributed by atoms with Crippen LogP contribution in [0.4, 0.5) is 0 Å². The van der Waals surface area contributed by atoms with Crippen LogP contribution in [-0.4, -0.2) is 25.7 Å². The van der Waals surface area contributed by atoms with Crippen molar-refractivity contribution >= 4 is 5.97 Å².